The second-order valence-corrected chi connectivity index (χ2v) is 6.88. The Morgan fingerprint density at radius 2 is 1.83 bits per heavy atom. The van der Waals surface area contributed by atoms with Gasteiger partial charge in [-0.05, 0) is 55.9 Å². The van der Waals surface area contributed by atoms with Crippen LogP contribution < -0.4 is 5.32 Å². The zero-order chi connectivity index (χ0) is 16.8. The maximum absolute atomic E-state index is 12.3. The molecule has 4 nitrogen and oxygen atoms in total. The Balaban J connectivity index is 1.80. The molecule has 1 unspecified atom stereocenters. The minimum Gasteiger partial charge on any atom is -0.396 e. The van der Waals surface area contributed by atoms with E-state index in [0.29, 0.717) is 16.5 Å². The molecule has 1 aromatic carbocycles. The number of Topliss-reactive ketones (excluding diaryl/α,β-unsaturated/α-hetero) is 1. The molecule has 0 bridgehead atoms. The standard InChI is InChI=1S/C18H24ClNO3/c1-12(18(23)14-4-6-15(19)7-5-14)10-17(22)20-16-8-2-13(11-21)3-9-16/h4-7,12-13,16,21H,2-3,8-11H2,1H3,(H,20,22). The van der Waals surface area contributed by atoms with Crippen LogP contribution in [0.4, 0.5) is 0 Å². The van der Waals surface area contributed by atoms with Gasteiger partial charge in [0.05, 0.1) is 0 Å². The largest absolute Gasteiger partial charge is 0.396 e. The van der Waals surface area contributed by atoms with Crippen molar-refractivity contribution < 1.29 is 14.7 Å². The Bertz CT molecular complexity index is 536. The van der Waals surface area contributed by atoms with Crippen molar-refractivity contribution in [2.75, 3.05) is 6.61 Å². The summed E-state index contributed by atoms with van der Waals surface area (Å²) in [6, 6.07) is 6.91. The van der Waals surface area contributed by atoms with Gasteiger partial charge in [-0.2, -0.15) is 0 Å². The number of ketones is 1. The Kier molecular flexibility index (Phi) is 6.60. The van der Waals surface area contributed by atoms with Gasteiger partial charge in [0.15, 0.2) is 5.78 Å². The van der Waals surface area contributed by atoms with Crippen molar-refractivity contribution in [2.24, 2.45) is 11.8 Å². The van der Waals surface area contributed by atoms with Gasteiger partial charge in [0, 0.05) is 35.6 Å². The number of carbonyl (C=O) groups is 2. The number of benzene rings is 1. The Morgan fingerprint density at radius 3 is 2.39 bits per heavy atom. The zero-order valence-corrected chi connectivity index (χ0v) is 14.2. The second kappa shape index (κ2) is 8.46. The van der Waals surface area contributed by atoms with E-state index in [1.807, 2.05) is 0 Å². The number of carbonyl (C=O) groups excluding carboxylic acids is 2. The highest BCUT2D eigenvalue weighted by molar-refractivity contribution is 6.30. The van der Waals surface area contributed by atoms with Crippen LogP contribution in [0.5, 0.6) is 0 Å². The quantitative estimate of drug-likeness (QED) is 0.783. The molecule has 0 aliphatic heterocycles. The van der Waals surface area contributed by atoms with Gasteiger partial charge in [-0.15, -0.1) is 0 Å². The summed E-state index contributed by atoms with van der Waals surface area (Å²) in [5.41, 5.74) is 0.582. The lowest BCUT2D eigenvalue weighted by Gasteiger charge is -2.28. The lowest BCUT2D eigenvalue weighted by molar-refractivity contribution is -0.122. The third-order valence-electron chi connectivity index (χ3n) is 4.54. The van der Waals surface area contributed by atoms with E-state index in [2.05, 4.69) is 5.32 Å². The summed E-state index contributed by atoms with van der Waals surface area (Å²) in [7, 11) is 0. The maximum atomic E-state index is 12.3. The fourth-order valence-electron chi connectivity index (χ4n) is 3.05. The van der Waals surface area contributed by atoms with Gasteiger partial charge >= 0.3 is 0 Å². The molecular weight excluding hydrogens is 314 g/mol. The van der Waals surface area contributed by atoms with E-state index in [1.54, 1.807) is 31.2 Å². The molecule has 0 aromatic heterocycles. The summed E-state index contributed by atoms with van der Waals surface area (Å²) in [5.74, 6) is -0.105. The third kappa shape index (κ3) is 5.33. The number of aliphatic hydroxyl groups is 1. The Morgan fingerprint density at radius 1 is 1.22 bits per heavy atom. The molecule has 1 fully saturated rings. The first-order valence-corrected chi connectivity index (χ1v) is 8.57. The van der Waals surface area contributed by atoms with Crippen molar-refractivity contribution in [3.05, 3.63) is 34.9 Å². The minimum absolute atomic E-state index is 0.0409. The fraction of sp³-hybridized carbons (Fsp3) is 0.556. The van der Waals surface area contributed by atoms with Crippen LogP contribution in [0.2, 0.25) is 5.02 Å². The number of amides is 1. The van der Waals surface area contributed by atoms with E-state index in [-0.39, 0.29) is 36.7 Å². The minimum atomic E-state index is -0.357. The van der Waals surface area contributed by atoms with E-state index in [0.717, 1.165) is 25.7 Å². The average molecular weight is 338 g/mol. The fourth-order valence-corrected chi connectivity index (χ4v) is 3.17. The number of rotatable bonds is 6. The van der Waals surface area contributed by atoms with Crippen molar-refractivity contribution in [3.8, 4) is 0 Å². The molecule has 0 heterocycles. The lowest BCUT2D eigenvalue weighted by Crippen LogP contribution is -2.39. The SMILES string of the molecule is CC(CC(=O)NC1CCC(CO)CC1)C(=O)c1ccc(Cl)cc1. The van der Waals surface area contributed by atoms with Crippen LogP contribution >= 0.6 is 11.6 Å². The van der Waals surface area contributed by atoms with Gasteiger partial charge in [-0.25, -0.2) is 0 Å². The molecule has 1 aliphatic rings. The van der Waals surface area contributed by atoms with E-state index in [9.17, 15) is 9.59 Å². The summed E-state index contributed by atoms with van der Waals surface area (Å²) >= 11 is 5.82. The van der Waals surface area contributed by atoms with Crippen molar-refractivity contribution in [3.63, 3.8) is 0 Å². The van der Waals surface area contributed by atoms with Gasteiger partial charge in [0.1, 0.15) is 0 Å². The number of nitrogens with one attached hydrogen (secondary N) is 1. The van der Waals surface area contributed by atoms with Crippen LogP contribution in [-0.2, 0) is 4.79 Å². The predicted molar refractivity (Wildman–Crippen MR) is 90.5 cm³/mol. The summed E-state index contributed by atoms with van der Waals surface area (Å²) in [4.78, 5) is 24.4. The lowest BCUT2D eigenvalue weighted by atomic mass is 9.86. The van der Waals surface area contributed by atoms with Crippen LogP contribution in [0.15, 0.2) is 24.3 Å². The first-order chi connectivity index (χ1) is 11.0. The van der Waals surface area contributed by atoms with Gasteiger partial charge in [-0.1, -0.05) is 18.5 Å². The third-order valence-corrected chi connectivity index (χ3v) is 4.79. The molecule has 1 aliphatic carbocycles. The smallest absolute Gasteiger partial charge is 0.220 e. The highest BCUT2D eigenvalue weighted by Crippen LogP contribution is 2.24. The summed E-state index contributed by atoms with van der Waals surface area (Å²) in [6.07, 6.45) is 3.88. The van der Waals surface area contributed by atoms with Crippen LogP contribution in [0.25, 0.3) is 0 Å². The molecule has 1 amide bonds. The van der Waals surface area contributed by atoms with Gasteiger partial charge in [0.25, 0.3) is 0 Å². The molecule has 0 saturated heterocycles. The molecule has 2 rings (SSSR count). The second-order valence-electron chi connectivity index (χ2n) is 6.44. The molecule has 1 aromatic rings. The number of hydrogen-bond acceptors (Lipinski definition) is 3. The normalized spacial score (nSPS) is 22.4. The molecule has 0 spiro atoms. The molecule has 2 N–H and O–H groups in total. The molecule has 5 heteroatoms. The molecule has 126 valence electrons. The molecule has 1 atom stereocenters. The van der Waals surface area contributed by atoms with Crippen LogP contribution in [0.3, 0.4) is 0 Å². The molecule has 23 heavy (non-hydrogen) atoms. The maximum Gasteiger partial charge on any atom is 0.220 e. The summed E-state index contributed by atoms with van der Waals surface area (Å²) in [5, 5.41) is 12.7. The van der Waals surface area contributed by atoms with Crippen LogP contribution in [0, 0.1) is 11.8 Å². The van der Waals surface area contributed by atoms with Crippen molar-refractivity contribution in [1.82, 2.24) is 5.32 Å². The van der Waals surface area contributed by atoms with Crippen molar-refractivity contribution in [2.45, 2.75) is 45.1 Å². The van der Waals surface area contributed by atoms with E-state index < -0.39 is 0 Å². The Labute approximate surface area is 142 Å². The summed E-state index contributed by atoms with van der Waals surface area (Å²) in [6.45, 7) is 2.01. The highest BCUT2D eigenvalue weighted by atomic mass is 35.5. The van der Waals surface area contributed by atoms with E-state index in [4.69, 9.17) is 16.7 Å². The predicted octanol–water partition coefficient (Wildman–Crippen LogP) is 3.22. The number of aliphatic hydroxyl groups excluding tert-OH is 1. The summed E-state index contributed by atoms with van der Waals surface area (Å²) < 4.78 is 0. The Hall–Kier alpha value is -1.39. The van der Waals surface area contributed by atoms with E-state index >= 15 is 0 Å². The first kappa shape index (κ1) is 18.0. The molecule has 0 radical (unpaired) electrons. The van der Waals surface area contributed by atoms with E-state index in [1.165, 1.54) is 0 Å². The number of halogens is 1. The van der Waals surface area contributed by atoms with Gasteiger partial charge < -0.3 is 10.4 Å². The monoisotopic (exact) mass is 337 g/mol. The van der Waals surface area contributed by atoms with Crippen LogP contribution in [0.1, 0.15) is 49.4 Å². The topological polar surface area (TPSA) is 66.4 Å². The van der Waals surface area contributed by atoms with Gasteiger partial charge in [0.2, 0.25) is 5.91 Å². The molecule has 1 saturated carbocycles. The van der Waals surface area contributed by atoms with Crippen molar-refractivity contribution in [1.29, 1.82) is 0 Å². The van der Waals surface area contributed by atoms with Crippen LogP contribution in [-0.4, -0.2) is 29.4 Å². The number of hydrogen-bond donors (Lipinski definition) is 2. The first-order valence-electron chi connectivity index (χ1n) is 8.19. The average Bonchev–Trinajstić information content (AvgIpc) is 2.55. The zero-order valence-electron chi connectivity index (χ0n) is 13.4. The molecular formula is C18H24ClNO3. The van der Waals surface area contributed by atoms with Crippen molar-refractivity contribution >= 4 is 23.3 Å². The van der Waals surface area contributed by atoms with Gasteiger partial charge in [-0.3, -0.25) is 9.59 Å². The highest BCUT2D eigenvalue weighted by Gasteiger charge is 2.24.